The van der Waals surface area contributed by atoms with Crippen LogP contribution in [0, 0.1) is 0 Å². The van der Waals surface area contributed by atoms with Crippen molar-refractivity contribution < 1.29 is 8.76 Å². The van der Waals surface area contributed by atoms with Crippen LogP contribution in [0.25, 0.3) is 0 Å². The number of aromatic nitrogens is 1. The zero-order chi connectivity index (χ0) is 21.1. The standard InChI is InChI=1S/C22H21Cl2N3O2S/c23-19-7-3-17(4-8-19)22(18-5-9-20(24)10-6-18)26-14-21(15-26)27(30(28)29)13-16-2-1-11-25-12-16/h1-12,21-22H,13-15H2,(H,28,29). The highest BCUT2D eigenvalue weighted by molar-refractivity contribution is 7.76. The molecular formula is C22H21Cl2N3O2S. The van der Waals surface area contributed by atoms with Crippen LogP contribution in [-0.4, -0.2) is 42.1 Å². The van der Waals surface area contributed by atoms with Gasteiger partial charge in [-0.2, -0.15) is 4.31 Å². The van der Waals surface area contributed by atoms with E-state index in [4.69, 9.17) is 23.2 Å². The van der Waals surface area contributed by atoms with Crippen LogP contribution in [0.2, 0.25) is 10.0 Å². The van der Waals surface area contributed by atoms with E-state index in [0.29, 0.717) is 29.7 Å². The molecule has 0 spiro atoms. The number of pyridine rings is 1. The van der Waals surface area contributed by atoms with E-state index < -0.39 is 11.3 Å². The highest BCUT2D eigenvalue weighted by atomic mass is 35.5. The fourth-order valence-corrected chi connectivity index (χ4v) is 4.67. The molecule has 1 aromatic heterocycles. The summed E-state index contributed by atoms with van der Waals surface area (Å²) >= 11 is 10.1. The minimum absolute atomic E-state index is 0.0168. The summed E-state index contributed by atoms with van der Waals surface area (Å²) in [5.41, 5.74) is 3.14. The molecule has 8 heteroatoms. The van der Waals surface area contributed by atoms with Crippen LogP contribution in [-0.2, 0) is 17.8 Å². The van der Waals surface area contributed by atoms with Crippen molar-refractivity contribution in [2.24, 2.45) is 0 Å². The van der Waals surface area contributed by atoms with E-state index in [1.165, 1.54) is 0 Å². The summed E-state index contributed by atoms with van der Waals surface area (Å²) in [7, 11) is 0. The van der Waals surface area contributed by atoms with E-state index in [9.17, 15) is 8.76 Å². The first kappa shape index (κ1) is 21.4. The van der Waals surface area contributed by atoms with Crippen molar-refractivity contribution in [3.05, 3.63) is 99.8 Å². The Kier molecular flexibility index (Phi) is 6.83. The second-order valence-corrected chi connectivity index (χ2v) is 9.08. The van der Waals surface area contributed by atoms with Crippen LogP contribution >= 0.6 is 23.2 Å². The Bertz CT molecular complexity index is 952. The van der Waals surface area contributed by atoms with Gasteiger partial charge in [0.25, 0.3) is 0 Å². The van der Waals surface area contributed by atoms with E-state index in [0.717, 1.165) is 16.7 Å². The van der Waals surface area contributed by atoms with Crippen molar-refractivity contribution in [2.75, 3.05) is 13.1 Å². The van der Waals surface area contributed by atoms with Gasteiger partial charge in [-0.05, 0) is 47.0 Å². The van der Waals surface area contributed by atoms with Crippen molar-refractivity contribution in [1.29, 1.82) is 0 Å². The summed E-state index contributed by atoms with van der Waals surface area (Å²) in [6.07, 6.45) is 3.41. The molecule has 1 saturated heterocycles. The average molecular weight is 462 g/mol. The molecule has 0 amide bonds. The zero-order valence-electron chi connectivity index (χ0n) is 16.1. The lowest BCUT2D eigenvalue weighted by atomic mass is 9.93. The van der Waals surface area contributed by atoms with Crippen molar-refractivity contribution in [3.63, 3.8) is 0 Å². The number of hydrogen-bond acceptors (Lipinski definition) is 3. The number of likely N-dealkylation sites (tertiary alicyclic amines) is 1. The van der Waals surface area contributed by atoms with Gasteiger partial charge in [-0.3, -0.25) is 14.4 Å². The molecule has 2 aromatic carbocycles. The summed E-state index contributed by atoms with van der Waals surface area (Å²) in [6.45, 7) is 1.72. The van der Waals surface area contributed by atoms with Gasteiger partial charge in [0.2, 0.25) is 11.3 Å². The summed E-state index contributed by atoms with van der Waals surface area (Å²) < 4.78 is 23.5. The number of benzene rings is 2. The Balaban J connectivity index is 1.54. The van der Waals surface area contributed by atoms with Crippen LogP contribution < -0.4 is 0 Å². The number of hydrogen-bond donors (Lipinski definition) is 1. The van der Waals surface area contributed by atoms with E-state index in [1.807, 2.05) is 60.7 Å². The third-order valence-electron chi connectivity index (χ3n) is 5.30. The first-order chi connectivity index (χ1) is 14.5. The van der Waals surface area contributed by atoms with Gasteiger partial charge in [0.05, 0.1) is 12.1 Å². The number of rotatable bonds is 7. The molecule has 156 valence electrons. The molecule has 1 aliphatic rings. The maximum Gasteiger partial charge on any atom is 0.235 e. The van der Waals surface area contributed by atoms with Crippen molar-refractivity contribution >= 4 is 34.5 Å². The topological polar surface area (TPSA) is 56.7 Å². The lowest BCUT2D eigenvalue weighted by Gasteiger charge is -2.47. The van der Waals surface area contributed by atoms with Gasteiger partial charge in [0, 0.05) is 42.1 Å². The third kappa shape index (κ3) is 4.91. The molecule has 0 saturated carbocycles. The maximum atomic E-state index is 12.0. The average Bonchev–Trinajstić information content (AvgIpc) is 2.71. The summed E-state index contributed by atoms with van der Waals surface area (Å²) in [5.74, 6) is 0. The molecule has 4 rings (SSSR count). The van der Waals surface area contributed by atoms with Crippen molar-refractivity contribution in [3.8, 4) is 0 Å². The van der Waals surface area contributed by atoms with E-state index in [2.05, 4.69) is 9.88 Å². The molecule has 30 heavy (non-hydrogen) atoms. The van der Waals surface area contributed by atoms with Gasteiger partial charge in [-0.15, -0.1) is 0 Å². The number of nitrogens with zero attached hydrogens (tertiary/aromatic N) is 3. The zero-order valence-corrected chi connectivity index (χ0v) is 18.4. The predicted octanol–water partition coefficient (Wildman–Crippen LogP) is 4.80. The molecular weight excluding hydrogens is 441 g/mol. The first-order valence-electron chi connectivity index (χ1n) is 9.53. The second kappa shape index (κ2) is 9.56. The Morgan fingerprint density at radius 3 is 2.07 bits per heavy atom. The number of halogens is 2. The van der Waals surface area contributed by atoms with Crippen LogP contribution in [0.5, 0.6) is 0 Å². The normalized spacial score (nSPS) is 16.0. The van der Waals surface area contributed by atoms with Gasteiger partial charge >= 0.3 is 0 Å². The van der Waals surface area contributed by atoms with E-state index in [-0.39, 0.29) is 12.1 Å². The highest BCUT2D eigenvalue weighted by Crippen LogP contribution is 2.35. The van der Waals surface area contributed by atoms with Crippen LogP contribution in [0.1, 0.15) is 22.7 Å². The molecule has 0 aliphatic carbocycles. The molecule has 1 unspecified atom stereocenters. The van der Waals surface area contributed by atoms with Gasteiger partial charge in [-0.1, -0.05) is 53.5 Å². The van der Waals surface area contributed by atoms with Gasteiger partial charge in [0.15, 0.2) is 0 Å². The lowest BCUT2D eigenvalue weighted by molar-refractivity contribution is 0.0498. The quantitative estimate of drug-likeness (QED) is 0.513. The smallest absolute Gasteiger partial charge is 0.235 e. The molecule has 5 nitrogen and oxygen atoms in total. The molecule has 2 heterocycles. The minimum Gasteiger partial charge on any atom is -0.294 e. The van der Waals surface area contributed by atoms with Crippen LogP contribution in [0.4, 0.5) is 0 Å². The Morgan fingerprint density at radius 2 is 1.60 bits per heavy atom. The summed E-state index contributed by atoms with van der Waals surface area (Å²) in [6, 6.07) is 19.3. The van der Waals surface area contributed by atoms with Crippen molar-refractivity contribution in [1.82, 2.24) is 14.2 Å². The molecule has 1 atom stereocenters. The van der Waals surface area contributed by atoms with Crippen molar-refractivity contribution in [2.45, 2.75) is 18.6 Å². The summed E-state index contributed by atoms with van der Waals surface area (Å²) in [4.78, 5) is 6.39. The molecule has 1 fully saturated rings. The second-order valence-electron chi connectivity index (χ2n) is 7.28. The van der Waals surface area contributed by atoms with Crippen LogP contribution in [0.15, 0.2) is 73.1 Å². The van der Waals surface area contributed by atoms with Gasteiger partial charge in [0.1, 0.15) is 0 Å². The fourth-order valence-electron chi connectivity index (χ4n) is 3.77. The largest absolute Gasteiger partial charge is 0.294 e. The predicted molar refractivity (Wildman–Crippen MR) is 121 cm³/mol. The van der Waals surface area contributed by atoms with E-state index in [1.54, 1.807) is 16.7 Å². The molecule has 3 aromatic rings. The Morgan fingerprint density at radius 1 is 1.03 bits per heavy atom. The Labute approximate surface area is 188 Å². The highest BCUT2D eigenvalue weighted by Gasteiger charge is 2.39. The monoisotopic (exact) mass is 461 g/mol. The minimum atomic E-state index is -2.06. The molecule has 1 aliphatic heterocycles. The SMILES string of the molecule is O=S(O)N(Cc1cccnc1)C1CN(C(c2ccc(Cl)cc2)c2ccc(Cl)cc2)C1. The summed E-state index contributed by atoms with van der Waals surface area (Å²) in [5, 5.41) is 1.38. The fraction of sp³-hybridized carbons (Fsp3) is 0.227. The third-order valence-corrected chi connectivity index (χ3v) is 6.63. The molecule has 0 radical (unpaired) electrons. The van der Waals surface area contributed by atoms with Gasteiger partial charge in [-0.25, -0.2) is 4.21 Å². The molecule has 1 N–H and O–H groups in total. The van der Waals surface area contributed by atoms with Gasteiger partial charge < -0.3 is 0 Å². The Hall–Kier alpha value is -1.80. The molecule has 0 bridgehead atoms. The van der Waals surface area contributed by atoms with Crippen LogP contribution in [0.3, 0.4) is 0 Å². The first-order valence-corrected chi connectivity index (χ1v) is 11.3. The van der Waals surface area contributed by atoms with E-state index >= 15 is 0 Å². The lowest BCUT2D eigenvalue weighted by Crippen LogP contribution is -2.60. The maximum absolute atomic E-state index is 12.0.